The van der Waals surface area contributed by atoms with Gasteiger partial charge in [0.05, 0.1) is 16.5 Å². The SMILES string of the molecule is CC(C)(C)c1ccc(-c2nc3c(C(F)(F)F)cccc3c(=O)n2N)cc1. The first-order chi connectivity index (χ1) is 12.0. The van der Waals surface area contributed by atoms with Gasteiger partial charge in [-0.25, -0.2) is 9.66 Å². The summed E-state index contributed by atoms with van der Waals surface area (Å²) in [5.74, 6) is 5.81. The largest absolute Gasteiger partial charge is 0.418 e. The van der Waals surface area contributed by atoms with Gasteiger partial charge in [0.1, 0.15) is 0 Å². The number of rotatable bonds is 1. The third kappa shape index (κ3) is 3.05. The molecule has 0 saturated heterocycles. The van der Waals surface area contributed by atoms with E-state index in [0.717, 1.165) is 16.3 Å². The maximum Gasteiger partial charge on any atom is 0.418 e. The van der Waals surface area contributed by atoms with Gasteiger partial charge in [-0.05, 0) is 23.1 Å². The minimum atomic E-state index is -4.62. The molecule has 136 valence electrons. The van der Waals surface area contributed by atoms with Crippen LogP contribution in [-0.2, 0) is 11.6 Å². The summed E-state index contributed by atoms with van der Waals surface area (Å²) in [5, 5.41) is -0.169. The van der Waals surface area contributed by atoms with Crippen LogP contribution in [0.3, 0.4) is 0 Å². The van der Waals surface area contributed by atoms with E-state index in [1.165, 1.54) is 12.1 Å². The van der Waals surface area contributed by atoms with Gasteiger partial charge in [-0.2, -0.15) is 13.2 Å². The smallest absolute Gasteiger partial charge is 0.334 e. The van der Waals surface area contributed by atoms with E-state index in [-0.39, 0.29) is 16.6 Å². The van der Waals surface area contributed by atoms with Crippen LogP contribution in [0.25, 0.3) is 22.3 Å². The molecule has 2 N–H and O–H groups in total. The van der Waals surface area contributed by atoms with Gasteiger partial charge in [0.15, 0.2) is 5.82 Å². The molecule has 26 heavy (non-hydrogen) atoms. The minimum absolute atomic E-state index is 0.0142. The molecule has 0 aliphatic carbocycles. The molecule has 0 unspecified atom stereocenters. The number of nitrogens with zero attached hydrogens (tertiary/aromatic N) is 2. The molecule has 0 saturated carbocycles. The van der Waals surface area contributed by atoms with Crippen LogP contribution in [0.5, 0.6) is 0 Å². The molecule has 0 amide bonds. The number of hydrogen-bond donors (Lipinski definition) is 1. The molecular formula is C19H18F3N3O. The van der Waals surface area contributed by atoms with Gasteiger partial charge in [-0.15, -0.1) is 0 Å². The Morgan fingerprint density at radius 2 is 1.62 bits per heavy atom. The molecular weight excluding hydrogens is 343 g/mol. The predicted octanol–water partition coefficient (Wildman–Crippen LogP) is 4.09. The first-order valence-corrected chi connectivity index (χ1v) is 7.99. The number of fused-ring (bicyclic) bond motifs is 1. The number of benzene rings is 2. The van der Waals surface area contributed by atoms with Gasteiger partial charge < -0.3 is 5.84 Å². The van der Waals surface area contributed by atoms with Crippen LogP contribution in [0.1, 0.15) is 31.9 Å². The molecule has 1 heterocycles. The normalized spacial score (nSPS) is 12.5. The monoisotopic (exact) mass is 361 g/mol. The molecule has 0 radical (unpaired) electrons. The number of nitrogen functional groups attached to an aromatic ring is 1. The standard InChI is InChI=1S/C19H18F3N3O/c1-18(2,3)12-9-7-11(8-10-12)16-24-15-13(17(26)25(16)23)5-4-6-14(15)19(20,21)22/h4-10H,23H2,1-3H3. The van der Waals surface area contributed by atoms with Crippen molar-refractivity contribution in [1.82, 2.24) is 9.66 Å². The maximum absolute atomic E-state index is 13.3. The van der Waals surface area contributed by atoms with Crippen molar-refractivity contribution in [2.75, 3.05) is 5.84 Å². The lowest BCUT2D eigenvalue weighted by atomic mass is 9.86. The van der Waals surface area contributed by atoms with Crippen molar-refractivity contribution in [2.24, 2.45) is 0 Å². The van der Waals surface area contributed by atoms with Crippen molar-refractivity contribution in [3.63, 3.8) is 0 Å². The molecule has 0 spiro atoms. The molecule has 1 aromatic heterocycles. The van der Waals surface area contributed by atoms with Crippen LogP contribution >= 0.6 is 0 Å². The zero-order chi connectivity index (χ0) is 19.3. The van der Waals surface area contributed by atoms with Crippen LogP contribution in [0.15, 0.2) is 47.3 Å². The van der Waals surface area contributed by atoms with E-state index < -0.39 is 22.8 Å². The summed E-state index contributed by atoms with van der Waals surface area (Å²) in [6.45, 7) is 6.14. The van der Waals surface area contributed by atoms with Gasteiger partial charge in [0.25, 0.3) is 5.56 Å². The Kier molecular flexibility index (Phi) is 4.05. The number of alkyl halides is 3. The van der Waals surface area contributed by atoms with Crippen molar-refractivity contribution in [2.45, 2.75) is 32.4 Å². The second-order valence-corrected chi connectivity index (χ2v) is 7.14. The first-order valence-electron chi connectivity index (χ1n) is 7.99. The molecule has 3 aromatic rings. The van der Waals surface area contributed by atoms with Gasteiger partial charge in [0, 0.05) is 5.56 Å². The molecule has 0 bridgehead atoms. The van der Waals surface area contributed by atoms with E-state index in [0.29, 0.717) is 5.56 Å². The van der Waals surface area contributed by atoms with Crippen LogP contribution in [0.2, 0.25) is 0 Å². The average Bonchev–Trinajstić information content (AvgIpc) is 2.56. The zero-order valence-corrected chi connectivity index (χ0v) is 14.6. The summed E-state index contributed by atoms with van der Waals surface area (Å²) in [4.78, 5) is 16.5. The van der Waals surface area contributed by atoms with Gasteiger partial charge in [-0.1, -0.05) is 51.1 Å². The van der Waals surface area contributed by atoms with E-state index in [2.05, 4.69) is 4.98 Å². The molecule has 0 atom stereocenters. The van der Waals surface area contributed by atoms with E-state index in [4.69, 9.17) is 5.84 Å². The lowest BCUT2D eigenvalue weighted by Crippen LogP contribution is -2.30. The minimum Gasteiger partial charge on any atom is -0.334 e. The molecule has 7 heteroatoms. The Labute approximate surface area is 148 Å². The van der Waals surface area contributed by atoms with Crippen LogP contribution < -0.4 is 11.4 Å². The number of hydrogen-bond acceptors (Lipinski definition) is 3. The highest BCUT2D eigenvalue weighted by atomic mass is 19.4. The molecule has 0 aliphatic rings. The zero-order valence-electron chi connectivity index (χ0n) is 14.6. The number of nitrogens with two attached hydrogens (primary N) is 1. The van der Waals surface area contributed by atoms with Crippen molar-refractivity contribution in [3.8, 4) is 11.4 Å². The highest BCUT2D eigenvalue weighted by molar-refractivity contribution is 5.83. The summed E-state index contributed by atoms with van der Waals surface area (Å²) in [6, 6.07) is 10.5. The van der Waals surface area contributed by atoms with Crippen LogP contribution in [-0.4, -0.2) is 9.66 Å². The Balaban J connectivity index is 2.27. The topological polar surface area (TPSA) is 60.9 Å². The van der Waals surface area contributed by atoms with Gasteiger partial charge in [0.2, 0.25) is 0 Å². The fourth-order valence-corrected chi connectivity index (χ4v) is 2.77. The van der Waals surface area contributed by atoms with E-state index in [1.54, 1.807) is 12.1 Å². The summed E-state index contributed by atoms with van der Waals surface area (Å²) in [6.07, 6.45) is -4.62. The second-order valence-electron chi connectivity index (χ2n) is 7.14. The van der Waals surface area contributed by atoms with Gasteiger partial charge >= 0.3 is 6.18 Å². The van der Waals surface area contributed by atoms with Crippen molar-refractivity contribution >= 4 is 10.9 Å². The summed E-state index contributed by atoms with van der Waals surface area (Å²) in [5.41, 5.74) is -0.653. The predicted molar refractivity (Wildman–Crippen MR) is 95.3 cm³/mol. The van der Waals surface area contributed by atoms with Gasteiger partial charge in [-0.3, -0.25) is 4.79 Å². The maximum atomic E-state index is 13.3. The second kappa shape index (κ2) is 5.86. The molecule has 2 aromatic carbocycles. The fourth-order valence-electron chi connectivity index (χ4n) is 2.77. The lowest BCUT2D eigenvalue weighted by molar-refractivity contribution is -0.136. The fraction of sp³-hybridized carbons (Fsp3) is 0.263. The van der Waals surface area contributed by atoms with Crippen LogP contribution in [0.4, 0.5) is 13.2 Å². The summed E-state index contributed by atoms with van der Waals surface area (Å²) >= 11 is 0. The van der Waals surface area contributed by atoms with Crippen molar-refractivity contribution in [3.05, 3.63) is 63.9 Å². The Bertz CT molecular complexity index is 1030. The third-order valence-electron chi connectivity index (χ3n) is 4.25. The molecule has 0 fully saturated rings. The lowest BCUT2D eigenvalue weighted by Gasteiger charge is -2.19. The summed E-state index contributed by atoms with van der Waals surface area (Å²) < 4.78 is 40.7. The number of aromatic nitrogens is 2. The Hall–Kier alpha value is -2.83. The molecule has 0 aliphatic heterocycles. The number of halogens is 3. The molecule has 4 nitrogen and oxygen atoms in total. The van der Waals surface area contributed by atoms with Crippen LogP contribution in [0, 0.1) is 0 Å². The third-order valence-corrected chi connectivity index (χ3v) is 4.25. The Morgan fingerprint density at radius 3 is 2.15 bits per heavy atom. The highest BCUT2D eigenvalue weighted by Crippen LogP contribution is 2.34. The Morgan fingerprint density at radius 1 is 1.00 bits per heavy atom. The molecule has 3 rings (SSSR count). The average molecular weight is 361 g/mol. The summed E-state index contributed by atoms with van der Waals surface area (Å²) in [7, 11) is 0. The first kappa shape index (κ1) is 18.0. The number of para-hydroxylation sites is 1. The quantitative estimate of drug-likeness (QED) is 0.664. The highest BCUT2D eigenvalue weighted by Gasteiger charge is 2.34. The van der Waals surface area contributed by atoms with E-state index in [1.807, 2.05) is 32.9 Å². The van der Waals surface area contributed by atoms with Crippen molar-refractivity contribution < 1.29 is 13.2 Å². The van der Waals surface area contributed by atoms with Crippen molar-refractivity contribution in [1.29, 1.82) is 0 Å². The van der Waals surface area contributed by atoms with E-state index >= 15 is 0 Å². The van der Waals surface area contributed by atoms with E-state index in [9.17, 15) is 18.0 Å².